The zero-order chi connectivity index (χ0) is 12.0. The van der Waals surface area contributed by atoms with Crippen molar-refractivity contribution in [3.8, 4) is 0 Å². The van der Waals surface area contributed by atoms with E-state index in [9.17, 15) is 4.79 Å². The summed E-state index contributed by atoms with van der Waals surface area (Å²) in [7, 11) is 0. The molecule has 0 aliphatic heterocycles. The van der Waals surface area contributed by atoms with Crippen molar-refractivity contribution >= 4 is 41.7 Å². The zero-order valence-electron chi connectivity index (χ0n) is 9.51. The maximum atomic E-state index is 11.4. The number of nitrogens with two attached hydrogens (primary N) is 2. The van der Waals surface area contributed by atoms with E-state index in [1.54, 1.807) is 12.3 Å². The first-order valence-corrected chi connectivity index (χ1v) is 4.86. The van der Waals surface area contributed by atoms with Crippen molar-refractivity contribution in [1.82, 2.24) is 4.98 Å². The number of rotatable bonds is 4. The lowest BCUT2D eigenvalue weighted by molar-refractivity contribution is -0.116. The van der Waals surface area contributed by atoms with Gasteiger partial charge < -0.3 is 16.8 Å². The lowest BCUT2D eigenvalue weighted by atomic mass is 10.3. The standard InChI is InChI=1S/C10H15N5O.HI/c1-7-2-3-8(14-6-7)15-9(16)4-5-13-10(11)12;/h2-3,6H,4-5H2,1H3,(H4,11,12,13)(H,14,15,16);1H. The Labute approximate surface area is 117 Å². The molecule has 0 unspecified atom stereocenters. The highest BCUT2D eigenvalue weighted by Crippen LogP contribution is 2.03. The third kappa shape index (κ3) is 6.72. The number of carbonyl (C=O) groups is 1. The molecule has 0 fully saturated rings. The first-order valence-electron chi connectivity index (χ1n) is 4.86. The van der Waals surface area contributed by atoms with Crippen LogP contribution < -0.4 is 16.8 Å². The van der Waals surface area contributed by atoms with Crippen LogP contribution in [-0.4, -0.2) is 23.4 Å². The van der Waals surface area contributed by atoms with Crippen molar-refractivity contribution in [2.45, 2.75) is 13.3 Å². The summed E-state index contributed by atoms with van der Waals surface area (Å²) >= 11 is 0. The zero-order valence-corrected chi connectivity index (χ0v) is 11.8. The fourth-order valence-electron chi connectivity index (χ4n) is 1.03. The first-order chi connectivity index (χ1) is 7.58. The number of guanidine groups is 1. The van der Waals surface area contributed by atoms with Crippen LogP contribution in [0.4, 0.5) is 5.82 Å². The number of aromatic nitrogens is 1. The van der Waals surface area contributed by atoms with Crippen LogP contribution in [0.1, 0.15) is 12.0 Å². The Morgan fingerprint density at radius 2 is 2.18 bits per heavy atom. The topological polar surface area (TPSA) is 106 Å². The molecule has 0 saturated carbocycles. The fourth-order valence-corrected chi connectivity index (χ4v) is 1.03. The summed E-state index contributed by atoms with van der Waals surface area (Å²) in [6.07, 6.45) is 1.92. The molecule has 0 atom stereocenters. The monoisotopic (exact) mass is 349 g/mol. The van der Waals surface area contributed by atoms with Gasteiger partial charge in [-0.25, -0.2) is 4.98 Å². The number of amides is 1. The lowest BCUT2D eigenvalue weighted by Gasteiger charge is -2.03. The Balaban J connectivity index is 0.00000256. The van der Waals surface area contributed by atoms with E-state index in [-0.39, 0.29) is 48.8 Å². The number of nitrogens with zero attached hydrogens (tertiary/aromatic N) is 2. The normalized spacial score (nSPS) is 9.00. The van der Waals surface area contributed by atoms with Gasteiger partial charge in [0.05, 0.1) is 6.54 Å². The van der Waals surface area contributed by atoms with Crippen LogP contribution in [0, 0.1) is 6.92 Å². The van der Waals surface area contributed by atoms with E-state index in [1.165, 1.54) is 0 Å². The summed E-state index contributed by atoms with van der Waals surface area (Å²) in [6.45, 7) is 2.21. The number of pyridine rings is 1. The number of halogens is 1. The van der Waals surface area contributed by atoms with Crippen LogP contribution in [0.3, 0.4) is 0 Å². The molecular formula is C10H16IN5O. The SMILES string of the molecule is Cc1ccc(NC(=O)CCN=C(N)N)nc1.I. The van der Waals surface area contributed by atoms with Crippen LogP contribution in [0.25, 0.3) is 0 Å². The molecule has 1 amide bonds. The van der Waals surface area contributed by atoms with E-state index in [4.69, 9.17) is 11.5 Å². The summed E-state index contributed by atoms with van der Waals surface area (Å²) in [5.41, 5.74) is 11.3. The van der Waals surface area contributed by atoms with Gasteiger partial charge in [0.15, 0.2) is 5.96 Å². The minimum absolute atomic E-state index is 0. The maximum Gasteiger partial charge on any atom is 0.227 e. The van der Waals surface area contributed by atoms with Crippen molar-refractivity contribution in [1.29, 1.82) is 0 Å². The average molecular weight is 349 g/mol. The highest BCUT2D eigenvalue weighted by molar-refractivity contribution is 14.0. The predicted molar refractivity (Wildman–Crippen MR) is 78.3 cm³/mol. The number of aliphatic imine (C=N–C) groups is 1. The summed E-state index contributed by atoms with van der Waals surface area (Å²) in [5, 5.41) is 2.64. The van der Waals surface area contributed by atoms with Crippen LogP contribution in [0.15, 0.2) is 23.3 Å². The van der Waals surface area contributed by atoms with E-state index >= 15 is 0 Å². The number of anilines is 1. The Morgan fingerprint density at radius 3 is 2.71 bits per heavy atom. The summed E-state index contributed by atoms with van der Waals surface area (Å²) in [4.78, 5) is 19.1. The third-order valence-electron chi connectivity index (χ3n) is 1.81. The molecule has 6 nitrogen and oxygen atoms in total. The average Bonchev–Trinajstić information content (AvgIpc) is 2.21. The van der Waals surface area contributed by atoms with Crippen molar-refractivity contribution < 1.29 is 4.79 Å². The molecule has 5 N–H and O–H groups in total. The molecule has 0 aliphatic rings. The second kappa shape index (κ2) is 7.82. The molecule has 1 aromatic heterocycles. The van der Waals surface area contributed by atoms with Crippen LogP contribution in [0.5, 0.6) is 0 Å². The summed E-state index contributed by atoms with van der Waals surface area (Å²) < 4.78 is 0. The third-order valence-corrected chi connectivity index (χ3v) is 1.81. The second-order valence-electron chi connectivity index (χ2n) is 3.33. The highest BCUT2D eigenvalue weighted by atomic mass is 127. The van der Waals surface area contributed by atoms with E-state index in [0.29, 0.717) is 5.82 Å². The number of nitrogens with one attached hydrogen (secondary N) is 1. The quantitative estimate of drug-likeness (QED) is 0.421. The highest BCUT2D eigenvalue weighted by Gasteiger charge is 2.01. The van der Waals surface area contributed by atoms with Gasteiger partial charge in [-0.1, -0.05) is 6.07 Å². The molecule has 7 heteroatoms. The molecule has 0 spiro atoms. The van der Waals surface area contributed by atoms with Crippen molar-refractivity contribution in [3.63, 3.8) is 0 Å². The van der Waals surface area contributed by atoms with Gasteiger partial charge in [0, 0.05) is 12.6 Å². The molecule has 0 aromatic carbocycles. The van der Waals surface area contributed by atoms with E-state index in [2.05, 4.69) is 15.3 Å². The van der Waals surface area contributed by atoms with Crippen LogP contribution in [-0.2, 0) is 4.79 Å². The van der Waals surface area contributed by atoms with Crippen LogP contribution in [0.2, 0.25) is 0 Å². The molecule has 0 bridgehead atoms. The Hall–Kier alpha value is -1.38. The number of hydrogen-bond donors (Lipinski definition) is 3. The maximum absolute atomic E-state index is 11.4. The van der Waals surface area contributed by atoms with Gasteiger partial charge in [-0.2, -0.15) is 0 Å². The largest absolute Gasteiger partial charge is 0.370 e. The molecule has 0 aliphatic carbocycles. The van der Waals surface area contributed by atoms with Gasteiger partial charge in [0.25, 0.3) is 0 Å². The smallest absolute Gasteiger partial charge is 0.227 e. The number of carbonyl (C=O) groups excluding carboxylic acids is 1. The lowest BCUT2D eigenvalue weighted by Crippen LogP contribution is -2.23. The Kier molecular flexibility index (Phi) is 7.19. The molecule has 1 heterocycles. The molecule has 94 valence electrons. The minimum atomic E-state index is -0.165. The Morgan fingerprint density at radius 1 is 1.47 bits per heavy atom. The second-order valence-corrected chi connectivity index (χ2v) is 3.33. The van der Waals surface area contributed by atoms with E-state index in [1.807, 2.05) is 13.0 Å². The molecule has 0 radical (unpaired) electrons. The van der Waals surface area contributed by atoms with Crippen molar-refractivity contribution in [3.05, 3.63) is 23.9 Å². The summed E-state index contributed by atoms with van der Waals surface area (Å²) in [6, 6.07) is 3.62. The minimum Gasteiger partial charge on any atom is -0.370 e. The van der Waals surface area contributed by atoms with Gasteiger partial charge in [0.1, 0.15) is 5.82 Å². The molecule has 0 saturated heterocycles. The van der Waals surface area contributed by atoms with Crippen molar-refractivity contribution in [2.75, 3.05) is 11.9 Å². The fraction of sp³-hybridized carbons (Fsp3) is 0.300. The molecule has 17 heavy (non-hydrogen) atoms. The van der Waals surface area contributed by atoms with Gasteiger partial charge in [-0.05, 0) is 18.6 Å². The predicted octanol–water partition coefficient (Wildman–Crippen LogP) is 0.610. The summed E-state index contributed by atoms with van der Waals surface area (Å²) in [5.74, 6) is 0.350. The van der Waals surface area contributed by atoms with Crippen molar-refractivity contribution in [2.24, 2.45) is 16.5 Å². The van der Waals surface area contributed by atoms with Gasteiger partial charge in [-0.3, -0.25) is 9.79 Å². The molecule has 1 aromatic rings. The first kappa shape index (κ1) is 15.6. The van der Waals surface area contributed by atoms with Gasteiger partial charge >= 0.3 is 0 Å². The van der Waals surface area contributed by atoms with Gasteiger partial charge in [-0.15, -0.1) is 24.0 Å². The molecular weight excluding hydrogens is 333 g/mol. The van der Waals surface area contributed by atoms with Crippen LogP contribution >= 0.6 is 24.0 Å². The number of hydrogen-bond acceptors (Lipinski definition) is 3. The van der Waals surface area contributed by atoms with E-state index in [0.717, 1.165) is 5.56 Å². The van der Waals surface area contributed by atoms with Gasteiger partial charge in [0.2, 0.25) is 5.91 Å². The number of aryl methyl sites for hydroxylation is 1. The Bertz CT molecular complexity index is 386. The molecule has 1 rings (SSSR count). The van der Waals surface area contributed by atoms with E-state index < -0.39 is 0 Å².